The Kier molecular flexibility index (Phi) is 9.42. The van der Waals surface area contributed by atoms with E-state index >= 15 is 0 Å². The zero-order valence-corrected chi connectivity index (χ0v) is 29.5. The minimum Gasteiger partial charge on any atom is -0.493 e. The Morgan fingerprint density at radius 3 is 2.44 bits per heavy atom. The number of hydrogen-bond donors (Lipinski definition) is 1. The first-order valence-electron chi connectivity index (χ1n) is 17.3. The molecule has 1 aliphatic carbocycles. The highest BCUT2D eigenvalue weighted by atomic mass is 32.1. The summed E-state index contributed by atoms with van der Waals surface area (Å²) in [6.07, 6.45) is 5.44. The zero-order valence-electron chi connectivity index (χ0n) is 28.6. The molecule has 3 aromatic heterocycles. The Labute approximate surface area is 295 Å². The fourth-order valence-electron chi connectivity index (χ4n) is 6.54. The standard InChI is InChI=1S/C41H41N3O5S/c1-4-48-36-19-16-29(24-42-36)27-14-12-26(13-15-27)25-44-33-18-17-30(49-21-20-37-43-32-10-5-6-11-35(32)50-37)22-31(33)38(39(45)28-8-7-9-28)34(44)23-41(2,3)40(46)47/h5-6,10-19,22,24,28H,4,7-9,20-21,23,25H2,1-3H3,(H,46,47). The summed E-state index contributed by atoms with van der Waals surface area (Å²) in [5.41, 5.74) is 5.25. The molecule has 7 rings (SSSR count). The van der Waals surface area contributed by atoms with E-state index in [1.165, 1.54) is 0 Å². The summed E-state index contributed by atoms with van der Waals surface area (Å²) in [6.45, 7) is 6.89. The van der Waals surface area contributed by atoms with Gasteiger partial charge in [0.05, 0.1) is 33.9 Å². The van der Waals surface area contributed by atoms with Crippen LogP contribution >= 0.6 is 11.3 Å². The lowest BCUT2D eigenvalue weighted by atomic mass is 9.78. The predicted molar refractivity (Wildman–Crippen MR) is 197 cm³/mol. The van der Waals surface area contributed by atoms with Crippen LogP contribution in [0.1, 0.15) is 66.7 Å². The lowest BCUT2D eigenvalue weighted by molar-refractivity contribution is -0.146. The molecule has 0 saturated heterocycles. The molecular formula is C41H41N3O5S. The maximum atomic E-state index is 14.2. The van der Waals surface area contributed by atoms with Crippen molar-refractivity contribution >= 4 is 44.2 Å². The van der Waals surface area contributed by atoms with Crippen LogP contribution in [0.2, 0.25) is 0 Å². The first-order chi connectivity index (χ1) is 24.2. The van der Waals surface area contributed by atoms with E-state index in [0.29, 0.717) is 43.4 Å². The highest BCUT2D eigenvalue weighted by Gasteiger charge is 2.36. The normalized spacial score (nSPS) is 13.4. The third-order valence-electron chi connectivity index (χ3n) is 9.63. The van der Waals surface area contributed by atoms with Gasteiger partial charge >= 0.3 is 5.97 Å². The second kappa shape index (κ2) is 14.1. The van der Waals surface area contributed by atoms with Crippen LogP contribution in [0.5, 0.6) is 11.6 Å². The minimum atomic E-state index is -1.08. The van der Waals surface area contributed by atoms with Crippen molar-refractivity contribution in [1.29, 1.82) is 0 Å². The summed E-state index contributed by atoms with van der Waals surface area (Å²) in [7, 11) is 0. The van der Waals surface area contributed by atoms with Gasteiger partial charge in [0.15, 0.2) is 5.78 Å². The van der Waals surface area contributed by atoms with Crippen LogP contribution in [0, 0.1) is 11.3 Å². The minimum absolute atomic E-state index is 0.0497. The van der Waals surface area contributed by atoms with Gasteiger partial charge in [-0.1, -0.05) is 42.8 Å². The third-order valence-corrected chi connectivity index (χ3v) is 10.7. The van der Waals surface area contributed by atoms with Crippen molar-refractivity contribution in [3.63, 3.8) is 0 Å². The number of aromatic nitrogens is 3. The number of rotatable bonds is 14. The molecular weight excluding hydrogens is 647 g/mol. The number of para-hydroxylation sites is 1. The monoisotopic (exact) mass is 687 g/mol. The predicted octanol–water partition coefficient (Wildman–Crippen LogP) is 9.02. The molecule has 0 spiro atoms. The molecule has 1 aliphatic rings. The number of ketones is 1. The Balaban J connectivity index is 1.23. The number of thiazole rings is 1. The number of nitrogens with zero attached hydrogens (tertiary/aromatic N) is 3. The molecule has 1 fully saturated rings. The zero-order chi connectivity index (χ0) is 34.8. The topological polar surface area (TPSA) is 104 Å². The second-order valence-electron chi connectivity index (χ2n) is 13.6. The average Bonchev–Trinajstić information content (AvgIpc) is 3.62. The van der Waals surface area contributed by atoms with Gasteiger partial charge in [-0.2, -0.15) is 0 Å². The van der Waals surface area contributed by atoms with Gasteiger partial charge in [-0.25, -0.2) is 9.97 Å². The molecule has 0 bridgehead atoms. The summed E-state index contributed by atoms with van der Waals surface area (Å²) in [6, 6.07) is 26.2. The van der Waals surface area contributed by atoms with Crippen LogP contribution in [0.15, 0.2) is 85.1 Å². The number of aliphatic carboxylic acids is 1. The Morgan fingerprint density at radius 2 is 1.76 bits per heavy atom. The van der Waals surface area contributed by atoms with E-state index in [4.69, 9.17) is 14.5 Å². The van der Waals surface area contributed by atoms with E-state index in [0.717, 1.165) is 67.8 Å². The molecule has 6 aromatic rings. The quantitative estimate of drug-likeness (QED) is 0.114. The van der Waals surface area contributed by atoms with Crippen molar-refractivity contribution in [3.05, 3.63) is 107 Å². The lowest BCUT2D eigenvalue weighted by Crippen LogP contribution is -2.29. The van der Waals surface area contributed by atoms with Gasteiger partial charge in [0.2, 0.25) is 5.88 Å². The smallest absolute Gasteiger partial charge is 0.309 e. The summed E-state index contributed by atoms with van der Waals surface area (Å²) >= 11 is 1.67. The van der Waals surface area contributed by atoms with E-state index in [9.17, 15) is 14.7 Å². The van der Waals surface area contributed by atoms with Crippen LogP contribution in [0.3, 0.4) is 0 Å². The molecule has 8 nitrogen and oxygen atoms in total. The molecule has 256 valence electrons. The number of benzene rings is 3. The number of fused-ring (bicyclic) bond motifs is 2. The molecule has 0 aliphatic heterocycles. The molecule has 0 unspecified atom stereocenters. The first-order valence-corrected chi connectivity index (χ1v) is 18.1. The Bertz CT molecular complexity index is 2130. The van der Waals surface area contributed by atoms with Crippen LogP contribution in [0.25, 0.3) is 32.2 Å². The molecule has 0 radical (unpaired) electrons. The summed E-state index contributed by atoms with van der Waals surface area (Å²) < 4.78 is 15.1. The fourth-order valence-corrected chi connectivity index (χ4v) is 7.49. The number of ether oxygens (including phenoxy) is 2. The highest BCUT2D eigenvalue weighted by Crippen LogP contribution is 2.39. The van der Waals surface area contributed by atoms with Crippen molar-refractivity contribution in [2.45, 2.75) is 59.4 Å². The SMILES string of the molecule is CCOc1ccc(-c2ccc(Cn3c(CC(C)(C)C(=O)O)c(C(=O)C4CCC4)c4cc(OCCc5nc6ccccc6s5)ccc43)cc2)cn1. The van der Waals surface area contributed by atoms with Crippen LogP contribution < -0.4 is 9.47 Å². The first kappa shape index (κ1) is 33.5. The lowest BCUT2D eigenvalue weighted by Gasteiger charge is -2.26. The van der Waals surface area contributed by atoms with Gasteiger partial charge in [0.25, 0.3) is 0 Å². The van der Waals surface area contributed by atoms with Gasteiger partial charge < -0.3 is 19.1 Å². The van der Waals surface area contributed by atoms with Crippen LogP contribution in [-0.4, -0.2) is 44.6 Å². The van der Waals surface area contributed by atoms with Crippen LogP contribution in [0.4, 0.5) is 0 Å². The summed E-state index contributed by atoms with van der Waals surface area (Å²) in [5, 5.41) is 12.0. The fraction of sp³-hybridized carbons (Fsp3) is 0.317. The third kappa shape index (κ3) is 6.87. The molecule has 3 aromatic carbocycles. The average molecular weight is 688 g/mol. The molecule has 1 saturated carbocycles. The maximum Gasteiger partial charge on any atom is 0.309 e. The van der Waals surface area contributed by atoms with Gasteiger partial charge in [-0.15, -0.1) is 11.3 Å². The van der Waals surface area contributed by atoms with E-state index in [-0.39, 0.29) is 18.1 Å². The molecule has 50 heavy (non-hydrogen) atoms. The number of carbonyl (C=O) groups is 2. The number of carbonyl (C=O) groups excluding carboxylic acids is 1. The van der Waals surface area contributed by atoms with Crippen molar-refractivity contribution in [2.75, 3.05) is 13.2 Å². The van der Waals surface area contributed by atoms with Gasteiger partial charge in [-0.05, 0) is 81.1 Å². The highest BCUT2D eigenvalue weighted by molar-refractivity contribution is 7.18. The number of hydrogen-bond acceptors (Lipinski definition) is 7. The van der Waals surface area contributed by atoms with Gasteiger partial charge in [0, 0.05) is 65.3 Å². The number of carboxylic acids is 1. The Hall–Kier alpha value is -5.02. The van der Waals surface area contributed by atoms with E-state index in [2.05, 4.69) is 39.9 Å². The van der Waals surface area contributed by atoms with Crippen LogP contribution in [-0.2, 0) is 24.2 Å². The largest absolute Gasteiger partial charge is 0.493 e. The number of carboxylic acid groups (broad SMARTS) is 1. The summed E-state index contributed by atoms with van der Waals surface area (Å²) in [5.74, 6) is 0.421. The van der Waals surface area contributed by atoms with Crippen molar-refractivity contribution in [1.82, 2.24) is 14.5 Å². The number of pyridine rings is 1. The summed E-state index contributed by atoms with van der Waals surface area (Å²) in [4.78, 5) is 35.8. The van der Waals surface area contributed by atoms with E-state index in [1.807, 2.05) is 61.7 Å². The second-order valence-corrected chi connectivity index (χ2v) is 14.7. The molecule has 9 heteroatoms. The van der Waals surface area contributed by atoms with Crippen molar-refractivity contribution in [2.24, 2.45) is 11.3 Å². The molecule has 1 N–H and O–H groups in total. The molecule has 3 heterocycles. The van der Waals surface area contributed by atoms with E-state index < -0.39 is 11.4 Å². The maximum absolute atomic E-state index is 14.2. The molecule has 0 atom stereocenters. The number of Topliss-reactive ketones (excluding diaryl/α,β-unsaturated/α-hetero) is 1. The van der Waals surface area contributed by atoms with Gasteiger partial charge in [-0.3, -0.25) is 9.59 Å². The van der Waals surface area contributed by atoms with Gasteiger partial charge in [0.1, 0.15) is 5.75 Å². The van der Waals surface area contributed by atoms with Crippen molar-refractivity contribution in [3.8, 4) is 22.8 Å². The van der Waals surface area contributed by atoms with E-state index in [1.54, 1.807) is 25.2 Å². The molecule has 0 amide bonds. The Morgan fingerprint density at radius 1 is 0.980 bits per heavy atom. The van der Waals surface area contributed by atoms with Crippen molar-refractivity contribution < 1.29 is 24.2 Å².